The molecule has 1 atom stereocenters. The number of hydrogen-bond acceptors (Lipinski definition) is 2. The van der Waals surface area contributed by atoms with Crippen LogP contribution in [0.2, 0.25) is 0 Å². The van der Waals surface area contributed by atoms with Gasteiger partial charge in [-0.05, 0) is 24.5 Å². The van der Waals surface area contributed by atoms with Crippen molar-refractivity contribution in [3.63, 3.8) is 0 Å². The zero-order chi connectivity index (χ0) is 12.5. The van der Waals surface area contributed by atoms with E-state index in [9.17, 15) is 5.11 Å². The summed E-state index contributed by atoms with van der Waals surface area (Å²) in [5.74, 6) is 1.66. The molecular formula is C15H24O2. The van der Waals surface area contributed by atoms with Crippen LogP contribution < -0.4 is 4.74 Å². The maximum absolute atomic E-state index is 9.33. The van der Waals surface area contributed by atoms with E-state index in [-0.39, 0.29) is 5.75 Å². The Labute approximate surface area is 105 Å². The van der Waals surface area contributed by atoms with Crippen molar-refractivity contribution in [2.24, 2.45) is 5.92 Å². The van der Waals surface area contributed by atoms with Gasteiger partial charge in [0.1, 0.15) is 11.5 Å². The molecule has 0 aliphatic heterocycles. The standard InChI is InChI=1S/C15H24O2/c1-3-5-6-8-13(4-2)12-17-15-10-7-9-14(16)11-15/h7,9-11,13,16H,3-6,8,12H2,1-2H3. The monoisotopic (exact) mass is 236 g/mol. The van der Waals surface area contributed by atoms with Gasteiger partial charge in [0, 0.05) is 6.07 Å². The van der Waals surface area contributed by atoms with Crippen molar-refractivity contribution in [3.05, 3.63) is 24.3 Å². The van der Waals surface area contributed by atoms with Crippen molar-refractivity contribution in [1.29, 1.82) is 0 Å². The van der Waals surface area contributed by atoms with Crippen LogP contribution in [0.3, 0.4) is 0 Å². The van der Waals surface area contributed by atoms with Crippen LogP contribution in [-0.2, 0) is 0 Å². The van der Waals surface area contributed by atoms with E-state index in [1.165, 1.54) is 25.7 Å². The first-order chi connectivity index (χ1) is 8.26. The molecule has 0 bridgehead atoms. The van der Waals surface area contributed by atoms with E-state index >= 15 is 0 Å². The minimum Gasteiger partial charge on any atom is -0.508 e. The van der Waals surface area contributed by atoms with Gasteiger partial charge < -0.3 is 9.84 Å². The molecule has 0 aliphatic rings. The summed E-state index contributed by atoms with van der Waals surface area (Å²) in [5, 5.41) is 9.33. The summed E-state index contributed by atoms with van der Waals surface area (Å²) < 4.78 is 5.71. The second-order valence-electron chi connectivity index (χ2n) is 4.58. The van der Waals surface area contributed by atoms with Gasteiger partial charge in [-0.1, -0.05) is 45.6 Å². The number of hydrogen-bond donors (Lipinski definition) is 1. The SMILES string of the molecule is CCCCCC(CC)COc1cccc(O)c1. The number of benzene rings is 1. The topological polar surface area (TPSA) is 29.5 Å². The Morgan fingerprint density at radius 2 is 2.06 bits per heavy atom. The van der Waals surface area contributed by atoms with Crippen LogP contribution in [-0.4, -0.2) is 11.7 Å². The molecule has 1 rings (SSSR count). The van der Waals surface area contributed by atoms with E-state index in [4.69, 9.17) is 4.74 Å². The van der Waals surface area contributed by atoms with Crippen LogP contribution in [0, 0.1) is 5.92 Å². The molecule has 0 radical (unpaired) electrons. The smallest absolute Gasteiger partial charge is 0.122 e. The lowest BCUT2D eigenvalue weighted by Crippen LogP contribution is -2.11. The molecule has 0 spiro atoms. The third-order valence-electron chi connectivity index (χ3n) is 3.10. The molecular weight excluding hydrogens is 212 g/mol. The highest BCUT2D eigenvalue weighted by Gasteiger charge is 2.07. The lowest BCUT2D eigenvalue weighted by Gasteiger charge is -2.15. The fourth-order valence-electron chi connectivity index (χ4n) is 1.88. The van der Waals surface area contributed by atoms with E-state index in [1.54, 1.807) is 12.1 Å². The lowest BCUT2D eigenvalue weighted by atomic mass is 10.00. The predicted molar refractivity (Wildman–Crippen MR) is 71.5 cm³/mol. The molecule has 1 unspecified atom stereocenters. The van der Waals surface area contributed by atoms with E-state index in [2.05, 4.69) is 13.8 Å². The Hall–Kier alpha value is -1.18. The summed E-state index contributed by atoms with van der Waals surface area (Å²) in [6.45, 7) is 5.19. The second-order valence-corrected chi connectivity index (χ2v) is 4.58. The van der Waals surface area contributed by atoms with Gasteiger partial charge in [0.05, 0.1) is 6.61 Å². The first-order valence-electron chi connectivity index (χ1n) is 6.68. The number of rotatable bonds is 8. The zero-order valence-electron chi connectivity index (χ0n) is 11.0. The molecule has 0 heterocycles. The van der Waals surface area contributed by atoms with Crippen LogP contribution in [0.5, 0.6) is 11.5 Å². The molecule has 1 aromatic rings. The van der Waals surface area contributed by atoms with Crippen LogP contribution in [0.25, 0.3) is 0 Å². The Bertz CT molecular complexity index is 310. The Kier molecular flexibility index (Phi) is 6.53. The van der Waals surface area contributed by atoms with Crippen molar-refractivity contribution in [2.45, 2.75) is 46.0 Å². The molecule has 2 heteroatoms. The molecule has 0 saturated heterocycles. The highest BCUT2D eigenvalue weighted by atomic mass is 16.5. The molecule has 0 amide bonds. The summed E-state index contributed by atoms with van der Waals surface area (Å²) in [4.78, 5) is 0. The molecule has 0 saturated carbocycles. The van der Waals surface area contributed by atoms with Crippen molar-refractivity contribution in [1.82, 2.24) is 0 Å². The highest BCUT2D eigenvalue weighted by molar-refractivity contribution is 5.31. The summed E-state index contributed by atoms with van der Waals surface area (Å²) >= 11 is 0. The van der Waals surface area contributed by atoms with Crippen LogP contribution in [0.4, 0.5) is 0 Å². The minimum absolute atomic E-state index is 0.265. The first-order valence-corrected chi connectivity index (χ1v) is 6.68. The van der Waals surface area contributed by atoms with Crippen molar-refractivity contribution >= 4 is 0 Å². The molecule has 0 aliphatic carbocycles. The van der Waals surface area contributed by atoms with Gasteiger partial charge in [-0.3, -0.25) is 0 Å². The summed E-state index contributed by atoms with van der Waals surface area (Å²) in [6.07, 6.45) is 6.26. The number of phenols is 1. The van der Waals surface area contributed by atoms with Crippen molar-refractivity contribution < 1.29 is 9.84 Å². The van der Waals surface area contributed by atoms with Crippen molar-refractivity contribution in [3.8, 4) is 11.5 Å². The van der Waals surface area contributed by atoms with Crippen molar-refractivity contribution in [2.75, 3.05) is 6.61 Å². The average Bonchev–Trinajstić information content (AvgIpc) is 2.34. The van der Waals surface area contributed by atoms with Gasteiger partial charge in [-0.25, -0.2) is 0 Å². The molecule has 96 valence electrons. The maximum atomic E-state index is 9.33. The van der Waals surface area contributed by atoms with Gasteiger partial charge in [0.2, 0.25) is 0 Å². The fraction of sp³-hybridized carbons (Fsp3) is 0.600. The fourth-order valence-corrected chi connectivity index (χ4v) is 1.88. The summed E-state index contributed by atoms with van der Waals surface area (Å²) in [7, 11) is 0. The third kappa shape index (κ3) is 5.62. The van der Waals surface area contributed by atoms with E-state index in [0.717, 1.165) is 18.8 Å². The molecule has 17 heavy (non-hydrogen) atoms. The number of unbranched alkanes of at least 4 members (excludes halogenated alkanes) is 2. The number of phenolic OH excluding ortho intramolecular Hbond substituents is 1. The van der Waals surface area contributed by atoms with Crippen LogP contribution >= 0.6 is 0 Å². The maximum Gasteiger partial charge on any atom is 0.122 e. The van der Waals surface area contributed by atoms with Crippen LogP contribution in [0.15, 0.2) is 24.3 Å². The van der Waals surface area contributed by atoms with Gasteiger partial charge in [0.25, 0.3) is 0 Å². The number of aromatic hydroxyl groups is 1. The van der Waals surface area contributed by atoms with Crippen LogP contribution in [0.1, 0.15) is 46.0 Å². The first kappa shape index (κ1) is 13.9. The summed E-state index contributed by atoms with van der Waals surface area (Å²) in [6, 6.07) is 7.02. The van der Waals surface area contributed by atoms with E-state index in [0.29, 0.717) is 5.92 Å². The predicted octanol–water partition coefficient (Wildman–Crippen LogP) is 4.38. The zero-order valence-corrected chi connectivity index (χ0v) is 11.0. The normalized spacial score (nSPS) is 12.4. The summed E-state index contributed by atoms with van der Waals surface area (Å²) in [5.41, 5.74) is 0. The van der Waals surface area contributed by atoms with Gasteiger partial charge in [-0.15, -0.1) is 0 Å². The van der Waals surface area contributed by atoms with E-state index < -0.39 is 0 Å². The second kappa shape index (κ2) is 7.99. The van der Waals surface area contributed by atoms with Gasteiger partial charge >= 0.3 is 0 Å². The highest BCUT2D eigenvalue weighted by Crippen LogP contribution is 2.20. The number of ether oxygens (including phenoxy) is 1. The molecule has 1 N–H and O–H groups in total. The average molecular weight is 236 g/mol. The third-order valence-corrected chi connectivity index (χ3v) is 3.10. The van der Waals surface area contributed by atoms with E-state index in [1.807, 2.05) is 12.1 Å². The molecule has 0 fully saturated rings. The Morgan fingerprint density at radius 3 is 2.71 bits per heavy atom. The molecule has 1 aromatic carbocycles. The largest absolute Gasteiger partial charge is 0.508 e. The lowest BCUT2D eigenvalue weighted by molar-refractivity contribution is 0.232. The van der Waals surface area contributed by atoms with Gasteiger partial charge in [0.15, 0.2) is 0 Å². The molecule has 2 nitrogen and oxygen atoms in total. The Balaban J connectivity index is 2.31. The Morgan fingerprint density at radius 1 is 1.24 bits per heavy atom. The minimum atomic E-state index is 0.265. The quantitative estimate of drug-likeness (QED) is 0.679. The molecule has 0 aromatic heterocycles. The van der Waals surface area contributed by atoms with Gasteiger partial charge in [-0.2, -0.15) is 0 Å².